The fourth-order valence-electron chi connectivity index (χ4n) is 7.11. The van der Waals surface area contributed by atoms with Crippen LogP contribution < -0.4 is 14.8 Å². The van der Waals surface area contributed by atoms with E-state index in [2.05, 4.69) is 25.5 Å². The minimum atomic E-state index is -1.04. The molecule has 4 N–H and O–H groups in total. The minimum absolute atomic E-state index is 0. The average Bonchev–Trinajstić information content (AvgIpc) is 4.10. The Morgan fingerprint density at radius 3 is 1.58 bits per heavy atom. The molecule has 6 aromatic rings. The summed E-state index contributed by atoms with van der Waals surface area (Å²) in [6, 6.07) is 10.7. The fraction of sp³-hybridized carbons (Fsp3) is 0.381. The number of amides is 1. The highest BCUT2D eigenvalue weighted by Crippen LogP contribution is 2.38. The number of oxazole rings is 2. The molecule has 0 aliphatic carbocycles. The first-order chi connectivity index (χ1) is 30.1. The van der Waals surface area contributed by atoms with E-state index in [4.69, 9.17) is 69.8 Å². The Kier molecular flexibility index (Phi) is 17.2. The molecule has 17 nitrogen and oxygen atoms in total. The van der Waals surface area contributed by atoms with Gasteiger partial charge < -0.3 is 43.8 Å². The summed E-state index contributed by atoms with van der Waals surface area (Å²) in [7, 11) is 3.12. The van der Waals surface area contributed by atoms with Gasteiger partial charge in [0.1, 0.15) is 37.1 Å². The largest absolute Gasteiger partial charge is 0.495 e. The second-order valence-corrected chi connectivity index (χ2v) is 16.3. The Hall–Kier alpha value is -4.85. The van der Waals surface area contributed by atoms with Crippen LogP contribution in [0.1, 0.15) is 48.2 Å². The lowest BCUT2D eigenvalue weighted by Crippen LogP contribution is -2.46. The van der Waals surface area contributed by atoms with Crippen molar-refractivity contribution in [1.29, 1.82) is 0 Å². The molecule has 344 valence electrons. The summed E-state index contributed by atoms with van der Waals surface area (Å²) >= 11 is 24.4. The first-order valence-corrected chi connectivity index (χ1v) is 21.2. The van der Waals surface area contributed by atoms with Crippen LogP contribution in [-0.2, 0) is 33.9 Å². The van der Waals surface area contributed by atoms with Gasteiger partial charge in [-0.15, -0.1) is 12.4 Å². The second kappa shape index (κ2) is 21.9. The van der Waals surface area contributed by atoms with Crippen LogP contribution in [0.5, 0.6) is 11.5 Å². The van der Waals surface area contributed by atoms with Crippen molar-refractivity contribution in [1.82, 2.24) is 39.7 Å². The van der Waals surface area contributed by atoms with Crippen molar-refractivity contribution < 1.29 is 43.2 Å². The van der Waals surface area contributed by atoms with Gasteiger partial charge in [0.2, 0.25) is 17.7 Å². The van der Waals surface area contributed by atoms with E-state index in [0.29, 0.717) is 86.2 Å². The molecule has 0 radical (unpaired) electrons. The van der Waals surface area contributed by atoms with Crippen LogP contribution in [0.2, 0.25) is 20.1 Å². The highest BCUT2D eigenvalue weighted by atomic mass is 35.5. The van der Waals surface area contributed by atoms with Crippen LogP contribution in [0.3, 0.4) is 0 Å². The molecule has 0 spiro atoms. The van der Waals surface area contributed by atoms with E-state index in [1.54, 1.807) is 54.8 Å². The molecule has 4 aromatic heterocycles. The standard InChI is InChI=1S/C21H22Cl2N4O4.C12H16ClNO2.C9H8ClN3O3.ClH/c1-13-18(23)19(20-24-7-10-31-20)25-27(13)12-17(28)26-8-5-21(29,6-9-26)14-3-4-15(22)16(11-14)30-2;1-16-11-8-9(2-3-10(11)13)12(15)4-6-14-7-5-12;1-5-7(10)8(9-11-2-3-16-9)12-13(5)4-6(14)15;/h3-4,7,10-11,29H,5-6,8-9,12H2,1-2H3;2-3,8,14-15H,4-7H2,1H3;2-3H,4H2,1H3,(H,14,15);1H. The summed E-state index contributed by atoms with van der Waals surface area (Å²) in [5.41, 5.74) is 1.80. The van der Waals surface area contributed by atoms with Crippen molar-refractivity contribution in [2.24, 2.45) is 0 Å². The third-order valence-electron chi connectivity index (χ3n) is 10.9. The number of aromatic nitrogens is 6. The predicted octanol–water partition coefficient (Wildman–Crippen LogP) is 7.60. The number of halogens is 5. The number of nitrogens with one attached hydrogen (secondary N) is 1. The maximum absolute atomic E-state index is 12.9. The number of carbonyl (C=O) groups excluding carboxylic acids is 1. The number of aliphatic carboxylic acids is 1. The lowest BCUT2D eigenvalue weighted by atomic mass is 9.84. The molecule has 2 aliphatic heterocycles. The summed E-state index contributed by atoms with van der Waals surface area (Å²) in [6.45, 7) is 5.78. The number of aliphatic hydroxyl groups is 2. The maximum Gasteiger partial charge on any atom is 0.325 e. The van der Waals surface area contributed by atoms with E-state index >= 15 is 0 Å². The van der Waals surface area contributed by atoms with Crippen LogP contribution >= 0.6 is 58.8 Å². The van der Waals surface area contributed by atoms with Crippen LogP contribution in [0, 0.1) is 13.8 Å². The highest BCUT2D eigenvalue weighted by Gasteiger charge is 2.36. The third-order valence-corrected chi connectivity index (χ3v) is 12.4. The summed E-state index contributed by atoms with van der Waals surface area (Å²) in [5.74, 6) is 0.626. The summed E-state index contributed by atoms with van der Waals surface area (Å²) in [6.07, 6.45) is 8.07. The summed E-state index contributed by atoms with van der Waals surface area (Å²) < 4.78 is 23.6. The molecule has 0 unspecified atom stereocenters. The number of methoxy groups -OCH3 is 2. The Labute approximate surface area is 394 Å². The zero-order valence-electron chi connectivity index (χ0n) is 35.2. The Bertz CT molecular complexity index is 2500. The van der Waals surface area contributed by atoms with Gasteiger partial charge in [-0.1, -0.05) is 58.5 Å². The van der Waals surface area contributed by atoms with Gasteiger partial charge in [0, 0.05) is 13.1 Å². The minimum Gasteiger partial charge on any atom is -0.495 e. The van der Waals surface area contributed by atoms with Crippen molar-refractivity contribution in [3.8, 4) is 34.7 Å². The molecule has 0 atom stereocenters. The van der Waals surface area contributed by atoms with Gasteiger partial charge in [-0.05, 0) is 88.0 Å². The number of rotatable bonds is 10. The molecular weight excluding hydrogens is 938 g/mol. The number of ether oxygens (including phenoxy) is 2. The van der Waals surface area contributed by atoms with Gasteiger partial charge >= 0.3 is 5.97 Å². The second-order valence-electron chi connectivity index (χ2n) is 14.8. The molecule has 2 aliphatic rings. The van der Waals surface area contributed by atoms with Crippen LogP contribution in [0.4, 0.5) is 0 Å². The van der Waals surface area contributed by atoms with E-state index < -0.39 is 17.2 Å². The number of benzene rings is 2. The Morgan fingerprint density at radius 2 is 1.17 bits per heavy atom. The molecule has 22 heteroatoms. The zero-order chi connectivity index (χ0) is 45.5. The molecule has 1 amide bonds. The number of piperidine rings is 2. The molecule has 8 rings (SSSR count). The zero-order valence-corrected chi connectivity index (χ0v) is 39.0. The fourth-order valence-corrected chi connectivity index (χ4v) is 7.93. The Morgan fingerprint density at radius 1 is 0.734 bits per heavy atom. The van der Waals surface area contributed by atoms with Gasteiger partial charge in [0.15, 0.2) is 11.4 Å². The van der Waals surface area contributed by atoms with Crippen LogP contribution in [0.15, 0.2) is 70.2 Å². The number of hydrogen-bond donors (Lipinski definition) is 4. The number of carboxylic acid groups (broad SMARTS) is 1. The number of carbonyl (C=O) groups is 2. The monoisotopic (exact) mass is 982 g/mol. The van der Waals surface area contributed by atoms with E-state index in [1.807, 2.05) is 12.1 Å². The first-order valence-electron chi connectivity index (χ1n) is 19.7. The number of hydrogen-bond acceptors (Lipinski definition) is 13. The molecule has 0 saturated carbocycles. The van der Waals surface area contributed by atoms with Crippen LogP contribution in [-0.4, -0.2) is 102 Å². The quantitative estimate of drug-likeness (QED) is 0.104. The van der Waals surface area contributed by atoms with Gasteiger partial charge in [-0.25, -0.2) is 9.97 Å². The van der Waals surface area contributed by atoms with E-state index in [9.17, 15) is 19.8 Å². The summed E-state index contributed by atoms with van der Waals surface area (Å²) in [4.78, 5) is 33.2. The molecule has 2 aromatic carbocycles. The van der Waals surface area contributed by atoms with Crippen LogP contribution in [0.25, 0.3) is 23.2 Å². The van der Waals surface area contributed by atoms with Crippen molar-refractivity contribution in [2.75, 3.05) is 40.4 Å². The lowest BCUT2D eigenvalue weighted by molar-refractivity contribution is -0.138. The van der Waals surface area contributed by atoms with Gasteiger partial charge in [0.05, 0.1) is 69.3 Å². The summed E-state index contributed by atoms with van der Waals surface area (Å²) in [5, 5.41) is 43.8. The third kappa shape index (κ3) is 11.5. The van der Waals surface area contributed by atoms with Crippen molar-refractivity contribution in [3.63, 3.8) is 0 Å². The molecule has 0 bridgehead atoms. The predicted molar refractivity (Wildman–Crippen MR) is 242 cm³/mol. The molecular formula is C42H47Cl5N8O9. The number of likely N-dealkylation sites (tertiary alicyclic amines) is 1. The normalized spacial score (nSPS) is 15.2. The van der Waals surface area contributed by atoms with Crippen molar-refractivity contribution in [3.05, 3.63) is 104 Å². The van der Waals surface area contributed by atoms with Gasteiger partial charge in [-0.3, -0.25) is 19.0 Å². The SMILES string of the molecule is COc1cc(C2(O)CCN(C(=O)Cn3nc(-c4ncco4)c(Cl)c3C)CC2)ccc1Cl.COc1cc(C2(O)CCNCC2)ccc1Cl.Cc1c(Cl)c(-c2ncco2)nn1CC(=O)O.Cl. The molecule has 6 heterocycles. The number of nitrogens with zero attached hydrogens (tertiary/aromatic N) is 7. The average molecular weight is 985 g/mol. The Balaban J connectivity index is 0.000000197. The smallest absolute Gasteiger partial charge is 0.325 e. The van der Waals surface area contributed by atoms with E-state index in [-0.39, 0.29) is 37.3 Å². The van der Waals surface area contributed by atoms with Gasteiger partial charge in [0.25, 0.3) is 0 Å². The van der Waals surface area contributed by atoms with Crippen molar-refractivity contribution >= 4 is 70.7 Å². The lowest BCUT2D eigenvalue weighted by Gasteiger charge is -2.38. The topological polar surface area (TPSA) is 216 Å². The van der Waals surface area contributed by atoms with Gasteiger partial charge in [-0.2, -0.15) is 10.2 Å². The molecule has 2 fully saturated rings. The van der Waals surface area contributed by atoms with E-state index in [0.717, 1.165) is 37.1 Å². The highest BCUT2D eigenvalue weighted by molar-refractivity contribution is 6.34. The maximum atomic E-state index is 12.9. The molecule has 64 heavy (non-hydrogen) atoms. The first kappa shape index (κ1) is 50.2. The number of carboxylic acids is 1. The van der Waals surface area contributed by atoms with Crippen molar-refractivity contribution in [2.45, 2.75) is 63.8 Å². The van der Waals surface area contributed by atoms with E-state index in [1.165, 1.54) is 36.7 Å². The molecule has 2 saturated heterocycles.